The van der Waals surface area contributed by atoms with E-state index in [1.165, 1.54) is 96.3 Å². The number of phosphoric ester groups is 1. The highest BCUT2D eigenvalue weighted by Gasteiger charge is 2.33. The van der Waals surface area contributed by atoms with E-state index < -0.39 is 76.7 Å². The molecule has 6 N–H and O–H groups in total. The molecule has 0 aliphatic carbocycles. The first-order valence-corrected chi connectivity index (χ1v) is 23.9. The molecule has 0 aliphatic heterocycles. The van der Waals surface area contributed by atoms with Gasteiger partial charge in [-0.15, -0.1) is 0 Å². The number of esters is 2. The fourth-order valence-corrected chi connectivity index (χ4v) is 7.06. The molecular weight excluding hydrogens is 755 g/mol. The zero-order chi connectivity index (χ0) is 42.4. The summed E-state index contributed by atoms with van der Waals surface area (Å²) in [7, 11) is -4.89. The second-order valence-electron chi connectivity index (χ2n) is 15.5. The zero-order valence-corrected chi connectivity index (χ0v) is 36.6. The van der Waals surface area contributed by atoms with Crippen LogP contribution in [0.25, 0.3) is 0 Å². The molecule has 0 heterocycles. The molecule has 14 heteroatoms. The average Bonchev–Trinajstić information content (AvgIpc) is 3.20. The minimum absolute atomic E-state index is 0.112. The number of unbranched alkanes of at least 4 members (excludes halogenated alkanes) is 23. The van der Waals surface area contributed by atoms with E-state index in [4.69, 9.17) is 23.6 Å². The van der Waals surface area contributed by atoms with Crippen LogP contribution >= 0.6 is 7.82 Å². The van der Waals surface area contributed by atoms with Crippen molar-refractivity contribution in [3.63, 3.8) is 0 Å². The van der Waals surface area contributed by atoms with Gasteiger partial charge in [-0.1, -0.05) is 154 Å². The molecule has 0 fully saturated rings. The van der Waals surface area contributed by atoms with Crippen LogP contribution in [0, 0.1) is 0 Å². The number of aliphatic hydroxyl groups excluding tert-OH is 5. The lowest BCUT2D eigenvalue weighted by Crippen LogP contribution is -2.47. The van der Waals surface area contributed by atoms with Crippen molar-refractivity contribution in [1.82, 2.24) is 0 Å². The number of hydrogen-bond acceptors (Lipinski definition) is 12. The van der Waals surface area contributed by atoms with Gasteiger partial charge in [-0.2, -0.15) is 0 Å². The minimum Gasteiger partial charge on any atom is -0.462 e. The van der Waals surface area contributed by atoms with Gasteiger partial charge >= 0.3 is 19.8 Å². The Kier molecular flexibility index (Phi) is 37.8. The van der Waals surface area contributed by atoms with Crippen molar-refractivity contribution in [3.05, 3.63) is 12.2 Å². The van der Waals surface area contributed by atoms with Crippen molar-refractivity contribution in [2.45, 2.75) is 224 Å². The number of carbonyl (C=O) groups excluding carboxylic acids is 2. The van der Waals surface area contributed by atoms with Crippen molar-refractivity contribution < 1.29 is 63.1 Å². The summed E-state index contributed by atoms with van der Waals surface area (Å²) in [4.78, 5) is 35.3. The number of phosphoric acid groups is 1. The van der Waals surface area contributed by atoms with Crippen molar-refractivity contribution in [2.24, 2.45) is 0 Å². The highest BCUT2D eigenvalue weighted by Crippen LogP contribution is 2.43. The maximum Gasteiger partial charge on any atom is 0.472 e. The number of ether oxygens (including phenoxy) is 2. The number of carbonyl (C=O) groups is 2. The quantitative estimate of drug-likeness (QED) is 0.0148. The number of aliphatic hydroxyl groups is 5. The molecule has 6 unspecified atom stereocenters. The standard InChI is InChI=1S/C43H83O13P/c1-3-5-7-9-11-13-15-17-18-20-22-24-26-28-30-32-41(48)56-37(35-54-57(51,52)55-36-39(46)43(50)42(49)38(45)33-44)34-53-40(47)31-29-27-25-23-21-19-16-14-12-10-8-6-4-2/h17-18,37-39,42-46,49-50H,3-16,19-36H2,1-2H3,(H,51,52). The fraction of sp³-hybridized carbons (Fsp3) is 0.907. The van der Waals surface area contributed by atoms with Crippen LogP contribution in [-0.2, 0) is 32.7 Å². The molecular formula is C43H83O13P. The Morgan fingerprint density at radius 2 is 0.912 bits per heavy atom. The zero-order valence-electron chi connectivity index (χ0n) is 35.7. The van der Waals surface area contributed by atoms with Gasteiger partial charge in [0.05, 0.1) is 19.8 Å². The summed E-state index contributed by atoms with van der Waals surface area (Å²) in [5, 5.41) is 48.1. The van der Waals surface area contributed by atoms with Crippen LogP contribution < -0.4 is 0 Å². The Balaban J connectivity index is 4.65. The van der Waals surface area contributed by atoms with Crippen molar-refractivity contribution in [2.75, 3.05) is 26.4 Å². The monoisotopic (exact) mass is 839 g/mol. The third-order valence-corrected chi connectivity index (χ3v) is 11.0. The number of rotatable bonds is 42. The molecule has 0 aromatic heterocycles. The normalized spacial score (nSPS) is 15.6. The summed E-state index contributed by atoms with van der Waals surface area (Å²) < 4.78 is 33.0. The smallest absolute Gasteiger partial charge is 0.462 e. The van der Waals surface area contributed by atoms with Crippen LogP contribution in [0.15, 0.2) is 12.2 Å². The predicted octanol–water partition coefficient (Wildman–Crippen LogP) is 8.53. The van der Waals surface area contributed by atoms with Gasteiger partial charge in [-0.05, 0) is 38.5 Å². The Labute approximate surface area is 344 Å². The summed E-state index contributed by atoms with van der Waals surface area (Å²) in [6.45, 7) is 1.52. The second kappa shape index (κ2) is 38.8. The summed E-state index contributed by atoms with van der Waals surface area (Å²) in [6.07, 6.45) is 25.8. The summed E-state index contributed by atoms with van der Waals surface area (Å²) in [5.41, 5.74) is 0. The van der Waals surface area contributed by atoms with Crippen LogP contribution in [-0.4, -0.2) is 99.3 Å². The number of hydrogen-bond donors (Lipinski definition) is 6. The van der Waals surface area contributed by atoms with E-state index in [-0.39, 0.29) is 12.8 Å². The summed E-state index contributed by atoms with van der Waals surface area (Å²) in [5.74, 6) is -1.06. The first-order valence-electron chi connectivity index (χ1n) is 22.4. The Morgan fingerprint density at radius 1 is 0.526 bits per heavy atom. The highest BCUT2D eigenvalue weighted by atomic mass is 31.2. The average molecular weight is 839 g/mol. The summed E-state index contributed by atoms with van der Waals surface area (Å²) in [6, 6.07) is 0. The fourth-order valence-electron chi connectivity index (χ4n) is 6.29. The molecule has 0 saturated carbocycles. The van der Waals surface area contributed by atoms with E-state index in [0.717, 1.165) is 57.8 Å². The van der Waals surface area contributed by atoms with E-state index in [2.05, 4.69) is 26.0 Å². The van der Waals surface area contributed by atoms with Gasteiger partial charge in [0.1, 0.15) is 31.0 Å². The predicted molar refractivity (Wildman–Crippen MR) is 223 cm³/mol. The lowest BCUT2D eigenvalue weighted by Gasteiger charge is -2.26. The van der Waals surface area contributed by atoms with Gasteiger partial charge in [-0.3, -0.25) is 18.6 Å². The topological polar surface area (TPSA) is 210 Å². The maximum atomic E-state index is 12.7. The lowest BCUT2D eigenvalue weighted by molar-refractivity contribution is -0.161. The molecule has 0 aromatic carbocycles. The van der Waals surface area contributed by atoms with Gasteiger partial charge in [0, 0.05) is 12.8 Å². The molecule has 0 bridgehead atoms. The lowest BCUT2D eigenvalue weighted by atomic mass is 10.0. The van der Waals surface area contributed by atoms with E-state index in [9.17, 15) is 39.5 Å². The molecule has 57 heavy (non-hydrogen) atoms. The Morgan fingerprint density at radius 3 is 1.37 bits per heavy atom. The van der Waals surface area contributed by atoms with Crippen molar-refractivity contribution >= 4 is 19.8 Å². The first kappa shape index (κ1) is 55.6. The third-order valence-electron chi connectivity index (χ3n) is 10.0. The molecule has 338 valence electrons. The Hall–Kier alpha value is -1.41. The van der Waals surface area contributed by atoms with Gasteiger partial charge < -0.3 is 39.9 Å². The van der Waals surface area contributed by atoms with E-state index >= 15 is 0 Å². The van der Waals surface area contributed by atoms with E-state index in [0.29, 0.717) is 12.8 Å². The molecule has 6 atom stereocenters. The van der Waals surface area contributed by atoms with Crippen LogP contribution in [0.2, 0.25) is 0 Å². The van der Waals surface area contributed by atoms with Crippen LogP contribution in [0.5, 0.6) is 0 Å². The van der Waals surface area contributed by atoms with Gasteiger partial charge in [0.25, 0.3) is 0 Å². The minimum atomic E-state index is -4.89. The molecule has 13 nitrogen and oxygen atoms in total. The van der Waals surface area contributed by atoms with E-state index in [1.54, 1.807) is 0 Å². The SMILES string of the molecule is CCCCCCCCC=CCCCCCCCC(=O)OC(COC(=O)CCCCCCCCCCCCCCC)COP(=O)(O)OCC(O)C(O)C(O)C(O)CO. The first-order chi connectivity index (χ1) is 27.5. The van der Waals surface area contributed by atoms with Crippen molar-refractivity contribution in [3.8, 4) is 0 Å². The molecule has 0 rings (SSSR count). The molecule has 0 radical (unpaired) electrons. The van der Waals surface area contributed by atoms with Crippen LogP contribution in [0.1, 0.15) is 194 Å². The maximum absolute atomic E-state index is 12.7. The van der Waals surface area contributed by atoms with E-state index in [1.807, 2.05) is 0 Å². The van der Waals surface area contributed by atoms with Crippen LogP contribution in [0.3, 0.4) is 0 Å². The third kappa shape index (κ3) is 35.1. The largest absolute Gasteiger partial charge is 0.472 e. The van der Waals surface area contributed by atoms with Crippen molar-refractivity contribution in [1.29, 1.82) is 0 Å². The Bertz CT molecular complexity index is 1010. The number of allylic oxidation sites excluding steroid dienone is 2. The second-order valence-corrected chi connectivity index (χ2v) is 16.9. The molecule has 0 saturated heterocycles. The summed E-state index contributed by atoms with van der Waals surface area (Å²) >= 11 is 0. The van der Waals surface area contributed by atoms with Crippen LogP contribution in [0.4, 0.5) is 0 Å². The molecule has 0 aromatic rings. The van der Waals surface area contributed by atoms with Gasteiger partial charge in [-0.25, -0.2) is 4.57 Å². The molecule has 0 aliphatic rings. The van der Waals surface area contributed by atoms with Gasteiger partial charge in [0.15, 0.2) is 6.10 Å². The molecule has 0 spiro atoms. The van der Waals surface area contributed by atoms with Gasteiger partial charge in [0.2, 0.25) is 0 Å². The highest BCUT2D eigenvalue weighted by molar-refractivity contribution is 7.47. The molecule has 0 amide bonds.